The van der Waals surface area contributed by atoms with Crippen molar-refractivity contribution in [1.29, 1.82) is 0 Å². The van der Waals surface area contributed by atoms with E-state index in [0.717, 1.165) is 35.3 Å². The van der Waals surface area contributed by atoms with Crippen LogP contribution < -0.4 is 10.0 Å². The SMILES string of the molecule is CCNc1sc(S(=O)(=O)NC2CCSC2)cc1[N+](=O)[O-]. The zero-order valence-electron chi connectivity index (χ0n) is 10.8. The minimum absolute atomic E-state index is 0.0166. The fourth-order valence-corrected chi connectivity index (χ4v) is 5.76. The minimum Gasteiger partial charge on any atom is -0.372 e. The molecule has 0 aliphatic carbocycles. The number of nitro groups is 1. The van der Waals surface area contributed by atoms with E-state index in [-0.39, 0.29) is 20.9 Å². The summed E-state index contributed by atoms with van der Waals surface area (Å²) >= 11 is 2.59. The van der Waals surface area contributed by atoms with Gasteiger partial charge in [0, 0.05) is 24.4 Å². The van der Waals surface area contributed by atoms with E-state index in [1.807, 2.05) is 0 Å². The molecule has 0 spiro atoms. The van der Waals surface area contributed by atoms with Crippen LogP contribution in [0.5, 0.6) is 0 Å². The molecule has 1 unspecified atom stereocenters. The van der Waals surface area contributed by atoms with E-state index < -0.39 is 14.9 Å². The summed E-state index contributed by atoms with van der Waals surface area (Å²) in [4.78, 5) is 10.4. The van der Waals surface area contributed by atoms with E-state index in [1.165, 1.54) is 0 Å². The number of hydrogen-bond acceptors (Lipinski definition) is 7. The lowest BCUT2D eigenvalue weighted by Crippen LogP contribution is -2.34. The van der Waals surface area contributed by atoms with Gasteiger partial charge in [-0.25, -0.2) is 13.1 Å². The lowest BCUT2D eigenvalue weighted by atomic mass is 10.3. The van der Waals surface area contributed by atoms with Gasteiger partial charge >= 0.3 is 5.69 Å². The number of thiophene rings is 1. The third-order valence-electron chi connectivity index (χ3n) is 2.74. The molecule has 1 atom stereocenters. The van der Waals surface area contributed by atoms with Crippen LogP contribution in [0.3, 0.4) is 0 Å². The number of thioether (sulfide) groups is 1. The van der Waals surface area contributed by atoms with E-state index in [1.54, 1.807) is 18.7 Å². The molecule has 1 aromatic rings. The molecule has 1 aliphatic rings. The standard InChI is InChI=1S/C10H15N3O4S3/c1-2-11-10-8(13(14)15)5-9(19-10)20(16,17)12-7-3-4-18-6-7/h5,7,11-12H,2-4,6H2,1H3. The third-order valence-corrected chi connectivity index (χ3v) is 6.98. The Bertz CT molecular complexity index is 593. The fourth-order valence-electron chi connectivity index (χ4n) is 1.82. The second-order valence-corrected chi connectivity index (χ2v) is 8.39. The van der Waals surface area contributed by atoms with Crippen LogP contribution in [0.1, 0.15) is 13.3 Å². The fraction of sp³-hybridized carbons (Fsp3) is 0.600. The summed E-state index contributed by atoms with van der Waals surface area (Å²) in [6, 6.07) is 1.03. The molecule has 7 nitrogen and oxygen atoms in total. The maximum atomic E-state index is 12.2. The van der Waals surface area contributed by atoms with Crippen molar-refractivity contribution in [2.75, 3.05) is 23.4 Å². The van der Waals surface area contributed by atoms with Crippen LogP contribution in [0.15, 0.2) is 10.3 Å². The zero-order chi connectivity index (χ0) is 14.8. The summed E-state index contributed by atoms with van der Waals surface area (Å²) < 4.78 is 27.0. The number of nitrogens with one attached hydrogen (secondary N) is 2. The number of sulfonamides is 1. The molecule has 1 aliphatic heterocycles. The van der Waals surface area contributed by atoms with Gasteiger partial charge in [0.15, 0.2) is 5.00 Å². The van der Waals surface area contributed by atoms with Gasteiger partial charge in [0.2, 0.25) is 0 Å². The largest absolute Gasteiger partial charge is 0.372 e. The van der Waals surface area contributed by atoms with E-state index in [4.69, 9.17) is 0 Å². The highest BCUT2D eigenvalue weighted by molar-refractivity contribution is 7.99. The van der Waals surface area contributed by atoms with Gasteiger partial charge in [0.1, 0.15) is 4.21 Å². The summed E-state index contributed by atoms with van der Waals surface area (Å²) in [6.07, 6.45) is 0.789. The normalized spacial score (nSPS) is 19.1. The average molecular weight is 337 g/mol. The van der Waals surface area contributed by atoms with Crippen LogP contribution in [0.4, 0.5) is 10.7 Å². The Labute approximate surface area is 125 Å². The maximum Gasteiger partial charge on any atom is 0.304 e. The first-order chi connectivity index (χ1) is 9.44. The van der Waals surface area contributed by atoms with Crippen molar-refractivity contribution in [2.45, 2.75) is 23.6 Å². The van der Waals surface area contributed by atoms with Crippen LogP contribution in [0.2, 0.25) is 0 Å². The van der Waals surface area contributed by atoms with Gasteiger partial charge in [0.05, 0.1) is 4.92 Å². The number of anilines is 1. The van der Waals surface area contributed by atoms with Crippen molar-refractivity contribution in [3.8, 4) is 0 Å². The van der Waals surface area contributed by atoms with Crippen molar-refractivity contribution in [2.24, 2.45) is 0 Å². The minimum atomic E-state index is -3.69. The molecule has 1 fully saturated rings. The predicted octanol–water partition coefficient (Wildman–Crippen LogP) is 1.87. The van der Waals surface area contributed by atoms with Crippen molar-refractivity contribution in [3.63, 3.8) is 0 Å². The molecule has 0 bridgehead atoms. The Balaban J connectivity index is 2.26. The van der Waals surface area contributed by atoms with Gasteiger partial charge in [-0.3, -0.25) is 10.1 Å². The Hall–Kier alpha value is -0.840. The van der Waals surface area contributed by atoms with Crippen molar-refractivity contribution >= 4 is 43.8 Å². The number of rotatable bonds is 6. The van der Waals surface area contributed by atoms with Gasteiger partial charge < -0.3 is 5.32 Å². The summed E-state index contributed by atoms with van der Waals surface area (Å²) in [6.45, 7) is 2.29. The first-order valence-corrected chi connectivity index (χ1v) is 9.51. The lowest BCUT2D eigenvalue weighted by molar-refractivity contribution is -0.383. The molecule has 2 N–H and O–H groups in total. The van der Waals surface area contributed by atoms with Gasteiger partial charge in [0.25, 0.3) is 10.0 Å². The average Bonchev–Trinajstić information content (AvgIpc) is 2.98. The van der Waals surface area contributed by atoms with Crippen LogP contribution in [-0.2, 0) is 10.0 Å². The van der Waals surface area contributed by atoms with Crippen LogP contribution in [0, 0.1) is 10.1 Å². The molecule has 10 heteroatoms. The summed E-state index contributed by atoms with van der Waals surface area (Å²) in [5.74, 6) is 1.67. The second kappa shape index (κ2) is 6.29. The molecule has 0 radical (unpaired) electrons. The predicted molar refractivity (Wildman–Crippen MR) is 81.2 cm³/mol. The maximum absolute atomic E-state index is 12.2. The molecule has 1 saturated heterocycles. The van der Waals surface area contributed by atoms with E-state index in [0.29, 0.717) is 6.54 Å². The summed E-state index contributed by atoms with van der Waals surface area (Å²) in [5, 5.41) is 14.0. The topological polar surface area (TPSA) is 101 Å². The smallest absolute Gasteiger partial charge is 0.304 e. The highest BCUT2D eigenvalue weighted by Gasteiger charge is 2.29. The van der Waals surface area contributed by atoms with Gasteiger partial charge in [-0.15, -0.1) is 0 Å². The molecule has 2 rings (SSSR count). The lowest BCUT2D eigenvalue weighted by Gasteiger charge is -2.09. The van der Waals surface area contributed by atoms with Crippen molar-refractivity contribution < 1.29 is 13.3 Å². The Morgan fingerprint density at radius 2 is 2.30 bits per heavy atom. The highest BCUT2D eigenvalue weighted by atomic mass is 32.2. The molecular formula is C10H15N3O4S3. The molecule has 0 amide bonds. The number of nitrogens with zero attached hydrogens (tertiary/aromatic N) is 1. The molecular weight excluding hydrogens is 322 g/mol. The zero-order valence-corrected chi connectivity index (χ0v) is 13.2. The van der Waals surface area contributed by atoms with Crippen LogP contribution in [0.25, 0.3) is 0 Å². The molecule has 1 aromatic heterocycles. The van der Waals surface area contributed by atoms with E-state index in [2.05, 4.69) is 10.0 Å². The first-order valence-electron chi connectivity index (χ1n) is 6.06. The first kappa shape index (κ1) is 15.5. The van der Waals surface area contributed by atoms with E-state index in [9.17, 15) is 18.5 Å². The van der Waals surface area contributed by atoms with Gasteiger partial charge in [-0.2, -0.15) is 11.8 Å². The van der Waals surface area contributed by atoms with Crippen molar-refractivity contribution in [3.05, 3.63) is 16.2 Å². The Morgan fingerprint density at radius 1 is 1.55 bits per heavy atom. The molecule has 2 heterocycles. The summed E-state index contributed by atoms with van der Waals surface area (Å²) in [5.41, 5.74) is -0.196. The van der Waals surface area contributed by atoms with Gasteiger partial charge in [-0.1, -0.05) is 11.3 Å². The third kappa shape index (κ3) is 3.43. The molecule has 20 heavy (non-hydrogen) atoms. The monoisotopic (exact) mass is 337 g/mol. The Morgan fingerprint density at radius 3 is 2.85 bits per heavy atom. The van der Waals surface area contributed by atoms with Crippen molar-refractivity contribution in [1.82, 2.24) is 4.72 Å². The quantitative estimate of drug-likeness (QED) is 0.607. The van der Waals surface area contributed by atoms with Crippen LogP contribution in [-0.4, -0.2) is 37.4 Å². The van der Waals surface area contributed by atoms with Crippen LogP contribution >= 0.6 is 23.1 Å². The molecule has 112 valence electrons. The number of hydrogen-bond donors (Lipinski definition) is 2. The van der Waals surface area contributed by atoms with E-state index >= 15 is 0 Å². The molecule has 0 aromatic carbocycles. The second-order valence-electron chi connectivity index (χ2n) is 4.25. The molecule has 0 saturated carbocycles. The highest BCUT2D eigenvalue weighted by Crippen LogP contribution is 2.37. The van der Waals surface area contributed by atoms with Gasteiger partial charge in [-0.05, 0) is 19.1 Å². The Kier molecular flexibility index (Phi) is 4.89. The summed E-state index contributed by atoms with van der Waals surface area (Å²) in [7, 11) is -3.69.